The lowest BCUT2D eigenvalue weighted by Gasteiger charge is -2.35. The molecule has 6 nitrogen and oxygen atoms in total. The van der Waals surface area contributed by atoms with Gasteiger partial charge in [-0.2, -0.15) is 0 Å². The van der Waals surface area contributed by atoms with Crippen LogP contribution in [0.1, 0.15) is 53.0 Å². The fourth-order valence-electron chi connectivity index (χ4n) is 3.03. The van der Waals surface area contributed by atoms with Crippen molar-refractivity contribution < 1.29 is 14.3 Å². The minimum absolute atomic E-state index is 0.0315. The van der Waals surface area contributed by atoms with Gasteiger partial charge in [-0.05, 0) is 32.8 Å². The van der Waals surface area contributed by atoms with Crippen molar-refractivity contribution in [1.82, 2.24) is 15.2 Å². The van der Waals surface area contributed by atoms with Gasteiger partial charge in [-0.15, -0.1) is 0 Å². The van der Waals surface area contributed by atoms with Crippen LogP contribution in [0.2, 0.25) is 0 Å². The van der Waals surface area contributed by atoms with Gasteiger partial charge in [0.2, 0.25) is 17.7 Å². The predicted octanol–water partition coefficient (Wildman–Crippen LogP) is 2.77. The van der Waals surface area contributed by atoms with Crippen molar-refractivity contribution in [2.75, 3.05) is 13.1 Å². The zero-order chi connectivity index (χ0) is 19.3. The van der Waals surface area contributed by atoms with Gasteiger partial charge in [0.1, 0.15) is 0 Å². The van der Waals surface area contributed by atoms with Crippen LogP contribution in [0.15, 0.2) is 18.3 Å². The highest BCUT2D eigenvalue weighted by Crippen LogP contribution is 2.24. The zero-order valence-electron chi connectivity index (χ0n) is 16.5. The van der Waals surface area contributed by atoms with Crippen molar-refractivity contribution >= 4 is 11.8 Å². The number of hydrogen-bond acceptors (Lipinski definition) is 4. The van der Waals surface area contributed by atoms with Gasteiger partial charge in [-0.1, -0.05) is 26.8 Å². The number of likely N-dealkylation sites (tertiary alicyclic amines) is 1. The van der Waals surface area contributed by atoms with Crippen LogP contribution in [0.25, 0.3) is 0 Å². The van der Waals surface area contributed by atoms with Gasteiger partial charge in [0.15, 0.2) is 0 Å². The minimum atomic E-state index is -0.373. The summed E-state index contributed by atoms with van der Waals surface area (Å²) in [7, 11) is 0. The summed E-state index contributed by atoms with van der Waals surface area (Å²) in [6.07, 6.45) is 3.13. The third kappa shape index (κ3) is 5.44. The van der Waals surface area contributed by atoms with Crippen LogP contribution in [0, 0.1) is 11.3 Å². The molecular formula is C20H31N3O3. The fourth-order valence-corrected chi connectivity index (χ4v) is 3.03. The van der Waals surface area contributed by atoms with Crippen LogP contribution in [0.3, 0.4) is 0 Å². The van der Waals surface area contributed by atoms with E-state index in [1.807, 2.05) is 51.7 Å². The highest BCUT2D eigenvalue weighted by Gasteiger charge is 2.32. The molecule has 2 heterocycles. The number of aromatic nitrogens is 1. The van der Waals surface area contributed by atoms with Gasteiger partial charge in [0.25, 0.3) is 0 Å². The Morgan fingerprint density at radius 1 is 1.31 bits per heavy atom. The summed E-state index contributed by atoms with van der Waals surface area (Å²) in [6, 6.07) is 3.75. The molecule has 1 fully saturated rings. The van der Waals surface area contributed by atoms with Crippen LogP contribution in [0.4, 0.5) is 0 Å². The quantitative estimate of drug-likeness (QED) is 0.875. The number of piperidine rings is 1. The Hall–Kier alpha value is -2.11. The first-order chi connectivity index (χ1) is 12.2. The number of nitrogens with zero attached hydrogens (tertiary/aromatic N) is 2. The van der Waals surface area contributed by atoms with Crippen molar-refractivity contribution in [3.63, 3.8) is 0 Å². The van der Waals surface area contributed by atoms with Crippen molar-refractivity contribution in [1.29, 1.82) is 0 Å². The van der Waals surface area contributed by atoms with Crippen molar-refractivity contribution in [3.05, 3.63) is 23.9 Å². The summed E-state index contributed by atoms with van der Waals surface area (Å²) < 4.78 is 5.69. The van der Waals surface area contributed by atoms with Crippen LogP contribution in [0.5, 0.6) is 5.88 Å². The standard InChI is InChI=1S/C20H31N3O3/c1-14(2)26-18-16(7-6-10-21-18)13-22-17(24)15-8-11-23(12-9-15)19(25)20(3,4)5/h6-7,10,14-15H,8-9,11-13H2,1-5H3,(H,22,24). The Labute approximate surface area is 156 Å². The SMILES string of the molecule is CC(C)Oc1ncccc1CNC(=O)C1CCN(C(=O)C(C)(C)C)CC1. The van der Waals surface area contributed by atoms with Crippen molar-refractivity contribution in [2.24, 2.45) is 11.3 Å². The van der Waals surface area contributed by atoms with Gasteiger partial charge >= 0.3 is 0 Å². The number of nitrogens with one attached hydrogen (secondary N) is 1. The molecule has 6 heteroatoms. The van der Waals surface area contributed by atoms with E-state index < -0.39 is 0 Å². The first-order valence-corrected chi connectivity index (χ1v) is 9.36. The molecule has 0 spiro atoms. The van der Waals surface area contributed by atoms with Crippen LogP contribution < -0.4 is 10.1 Å². The average molecular weight is 361 g/mol. The molecule has 0 unspecified atom stereocenters. The normalized spacial score (nSPS) is 15.8. The summed E-state index contributed by atoms with van der Waals surface area (Å²) >= 11 is 0. The van der Waals surface area contributed by atoms with E-state index in [4.69, 9.17) is 4.74 Å². The summed E-state index contributed by atoms with van der Waals surface area (Å²) in [4.78, 5) is 31.0. The lowest BCUT2D eigenvalue weighted by atomic mass is 9.90. The summed E-state index contributed by atoms with van der Waals surface area (Å²) in [6.45, 7) is 11.4. The Morgan fingerprint density at radius 2 is 1.96 bits per heavy atom. The molecule has 0 bridgehead atoms. The molecule has 1 aliphatic rings. The second-order valence-corrected chi connectivity index (χ2v) is 8.17. The van der Waals surface area contributed by atoms with E-state index in [-0.39, 0.29) is 29.3 Å². The molecule has 1 saturated heterocycles. The van der Waals surface area contributed by atoms with Crippen LogP contribution in [-0.2, 0) is 16.1 Å². The Morgan fingerprint density at radius 3 is 2.54 bits per heavy atom. The monoisotopic (exact) mass is 361 g/mol. The van der Waals surface area contributed by atoms with Gasteiger partial charge in [0, 0.05) is 42.7 Å². The first kappa shape index (κ1) is 20.2. The Balaban J connectivity index is 1.86. The molecule has 0 aromatic carbocycles. The van der Waals surface area contributed by atoms with Crippen LogP contribution in [-0.4, -0.2) is 40.9 Å². The summed E-state index contributed by atoms with van der Waals surface area (Å²) in [5.74, 6) is 0.702. The fraction of sp³-hybridized carbons (Fsp3) is 0.650. The highest BCUT2D eigenvalue weighted by atomic mass is 16.5. The number of pyridine rings is 1. The van der Waals surface area contributed by atoms with E-state index in [9.17, 15) is 9.59 Å². The van der Waals surface area contributed by atoms with Crippen molar-refractivity contribution in [2.45, 2.75) is 60.1 Å². The molecular weight excluding hydrogens is 330 g/mol. The third-order valence-electron chi connectivity index (χ3n) is 4.44. The first-order valence-electron chi connectivity index (χ1n) is 9.36. The largest absolute Gasteiger partial charge is 0.475 e. The molecule has 0 aliphatic carbocycles. The molecule has 2 rings (SSSR count). The average Bonchev–Trinajstić information content (AvgIpc) is 2.59. The molecule has 144 valence electrons. The van der Waals surface area contributed by atoms with Gasteiger partial charge in [0.05, 0.1) is 6.10 Å². The molecule has 0 atom stereocenters. The van der Waals surface area contributed by atoms with Gasteiger partial charge in [-0.25, -0.2) is 4.98 Å². The maximum atomic E-state index is 12.5. The van der Waals surface area contributed by atoms with Crippen LogP contribution >= 0.6 is 0 Å². The van der Waals surface area contributed by atoms with E-state index in [1.165, 1.54) is 0 Å². The molecule has 1 aliphatic heterocycles. The number of rotatable bonds is 5. The second kappa shape index (κ2) is 8.52. The number of carbonyl (C=O) groups is 2. The van der Waals surface area contributed by atoms with E-state index in [1.54, 1.807) is 6.20 Å². The highest BCUT2D eigenvalue weighted by molar-refractivity contribution is 5.82. The zero-order valence-corrected chi connectivity index (χ0v) is 16.5. The van der Waals surface area contributed by atoms with E-state index in [0.717, 1.165) is 5.56 Å². The molecule has 1 aromatic heterocycles. The third-order valence-corrected chi connectivity index (χ3v) is 4.44. The van der Waals surface area contributed by atoms with E-state index >= 15 is 0 Å². The molecule has 1 N–H and O–H groups in total. The topological polar surface area (TPSA) is 71.5 Å². The van der Waals surface area contributed by atoms with Gasteiger partial charge < -0.3 is 15.0 Å². The molecule has 26 heavy (non-hydrogen) atoms. The molecule has 0 saturated carbocycles. The number of amides is 2. The molecule has 2 amide bonds. The summed E-state index contributed by atoms with van der Waals surface area (Å²) in [5.41, 5.74) is 0.497. The maximum absolute atomic E-state index is 12.5. The van der Waals surface area contributed by atoms with E-state index in [2.05, 4.69) is 10.3 Å². The minimum Gasteiger partial charge on any atom is -0.475 e. The smallest absolute Gasteiger partial charge is 0.227 e. The summed E-state index contributed by atoms with van der Waals surface area (Å²) in [5, 5.41) is 2.99. The lowest BCUT2D eigenvalue weighted by molar-refractivity contribution is -0.142. The molecule has 1 aromatic rings. The van der Waals surface area contributed by atoms with E-state index in [0.29, 0.717) is 38.4 Å². The number of hydrogen-bond donors (Lipinski definition) is 1. The second-order valence-electron chi connectivity index (χ2n) is 8.17. The van der Waals surface area contributed by atoms with Crippen molar-refractivity contribution in [3.8, 4) is 5.88 Å². The lowest BCUT2D eigenvalue weighted by Crippen LogP contribution is -2.46. The maximum Gasteiger partial charge on any atom is 0.227 e. The molecule has 0 radical (unpaired) electrons. The Bertz CT molecular complexity index is 629. The number of ether oxygens (including phenoxy) is 1. The Kier molecular flexibility index (Phi) is 6.62. The van der Waals surface area contributed by atoms with Gasteiger partial charge in [-0.3, -0.25) is 9.59 Å². The number of carbonyl (C=O) groups excluding carboxylic acids is 2. The predicted molar refractivity (Wildman–Crippen MR) is 101 cm³/mol.